The van der Waals surface area contributed by atoms with Crippen LogP contribution in [0.25, 0.3) is 11.3 Å². The summed E-state index contributed by atoms with van der Waals surface area (Å²) in [7, 11) is 3.47. The van der Waals surface area contributed by atoms with Crippen molar-refractivity contribution in [2.24, 2.45) is 0 Å². The molecule has 12 nitrogen and oxygen atoms in total. The summed E-state index contributed by atoms with van der Waals surface area (Å²) in [5.41, 5.74) is -1.47. The number of aromatic nitrogens is 3. The Balaban J connectivity index is 0.000000419. The predicted molar refractivity (Wildman–Crippen MR) is 202 cm³/mol. The van der Waals surface area contributed by atoms with Gasteiger partial charge in [-0.1, -0.05) is 48.8 Å². The number of carbonyl (C=O) groups excluding carboxylic acids is 3. The fraction of sp³-hybridized carbons (Fsp3) is 0.314. The highest BCUT2D eigenvalue weighted by atomic mass is 79.9. The average Bonchev–Trinajstić information content (AvgIpc) is 3.60. The molecular formula is C35H31Br2F5N4O8S2. The van der Waals surface area contributed by atoms with Crippen LogP contribution >= 0.6 is 55.8 Å². The Morgan fingerprint density at radius 1 is 0.857 bits per heavy atom. The zero-order valence-corrected chi connectivity index (χ0v) is 34.6. The number of hydrogen-bond donors (Lipinski definition) is 0. The molecule has 0 unspecified atom stereocenters. The molecule has 21 heteroatoms. The van der Waals surface area contributed by atoms with E-state index in [9.17, 15) is 36.3 Å². The molecular weight excluding hydrogens is 923 g/mol. The highest BCUT2D eigenvalue weighted by Crippen LogP contribution is 2.42. The smallest absolute Gasteiger partial charge is 0.303 e. The summed E-state index contributed by atoms with van der Waals surface area (Å²) in [6.45, 7) is 2.94. The minimum atomic E-state index is -1.67. The molecule has 300 valence electrons. The SMILES string of the molecule is CC(=O)OC[C@H]1O[C@H](Sc2cc(Br)ccc2F)[C@H](OC(C)=O)[C@@H](n2cc(-c3cc(F)c(F)c(F)c3)nn2)[C@H]1OC(C)=O.CN(C)C(=S)Oc1cc(Br)ccc1F. The van der Waals surface area contributed by atoms with Crippen molar-refractivity contribution in [3.63, 3.8) is 0 Å². The molecule has 56 heavy (non-hydrogen) atoms. The summed E-state index contributed by atoms with van der Waals surface area (Å²) >= 11 is 12.2. The second-order valence-corrected chi connectivity index (χ2v) is 15.2. The third kappa shape index (κ3) is 11.9. The summed E-state index contributed by atoms with van der Waals surface area (Å²) in [4.78, 5) is 37.8. The average molecular weight is 955 g/mol. The van der Waals surface area contributed by atoms with E-state index in [4.69, 9.17) is 35.9 Å². The van der Waals surface area contributed by atoms with Gasteiger partial charge in [-0.15, -0.1) is 5.10 Å². The number of halogens is 7. The second-order valence-electron chi connectivity index (χ2n) is 11.9. The van der Waals surface area contributed by atoms with Crippen LogP contribution in [0.4, 0.5) is 22.0 Å². The molecule has 0 amide bonds. The maximum absolute atomic E-state index is 14.8. The molecule has 4 aromatic rings. The second kappa shape index (κ2) is 19.8. The molecule has 2 heterocycles. The maximum Gasteiger partial charge on any atom is 0.303 e. The lowest BCUT2D eigenvalue weighted by molar-refractivity contribution is -0.212. The normalized spacial score (nSPS) is 18.9. The molecule has 0 spiro atoms. The Labute approximate surface area is 343 Å². The molecule has 1 fully saturated rings. The van der Waals surface area contributed by atoms with Crippen LogP contribution in [0.3, 0.4) is 0 Å². The zero-order valence-electron chi connectivity index (χ0n) is 29.8. The van der Waals surface area contributed by atoms with E-state index in [-0.39, 0.29) is 27.1 Å². The summed E-state index contributed by atoms with van der Waals surface area (Å²) in [6.07, 6.45) is -2.64. The van der Waals surface area contributed by atoms with Crippen molar-refractivity contribution >= 4 is 78.9 Å². The Bertz CT molecular complexity index is 2080. The quantitative estimate of drug-likeness (QED) is 0.0538. The zero-order chi connectivity index (χ0) is 41.4. The number of nitrogens with zero attached hydrogens (tertiary/aromatic N) is 4. The van der Waals surface area contributed by atoms with Gasteiger partial charge >= 0.3 is 17.9 Å². The van der Waals surface area contributed by atoms with Crippen molar-refractivity contribution in [1.29, 1.82) is 0 Å². The summed E-state index contributed by atoms with van der Waals surface area (Å²) < 4.78 is 99.2. The van der Waals surface area contributed by atoms with Crippen LogP contribution in [0.15, 0.2) is 68.6 Å². The minimum Gasteiger partial charge on any atom is -0.463 e. The number of esters is 3. The number of thiocarbonyl (C=S) groups is 1. The lowest BCUT2D eigenvalue weighted by atomic mass is 9.96. The van der Waals surface area contributed by atoms with E-state index in [0.29, 0.717) is 16.6 Å². The van der Waals surface area contributed by atoms with Gasteiger partial charge in [-0.25, -0.2) is 26.6 Å². The number of carbonyl (C=O) groups is 3. The Hall–Kier alpha value is -4.18. The minimum absolute atomic E-state index is 0.0963. The van der Waals surface area contributed by atoms with Gasteiger partial charge in [0.05, 0.1) is 6.20 Å². The molecule has 1 aliphatic rings. The molecule has 0 radical (unpaired) electrons. The van der Waals surface area contributed by atoms with Gasteiger partial charge in [-0.3, -0.25) is 14.4 Å². The monoisotopic (exact) mass is 952 g/mol. The van der Waals surface area contributed by atoms with Crippen molar-refractivity contribution in [2.45, 2.75) is 55.5 Å². The summed E-state index contributed by atoms with van der Waals surface area (Å²) in [5.74, 6) is -7.77. The Kier molecular flexibility index (Phi) is 15.7. The molecule has 3 aromatic carbocycles. The van der Waals surface area contributed by atoms with E-state index < -0.39 is 83.4 Å². The van der Waals surface area contributed by atoms with Crippen molar-refractivity contribution < 1.29 is 60.0 Å². The van der Waals surface area contributed by atoms with E-state index >= 15 is 0 Å². The number of rotatable bonds is 9. The molecule has 0 saturated carbocycles. The number of hydrogen-bond acceptors (Lipinski definition) is 12. The van der Waals surface area contributed by atoms with Crippen LogP contribution < -0.4 is 4.74 Å². The van der Waals surface area contributed by atoms with E-state index in [0.717, 1.165) is 41.7 Å². The van der Waals surface area contributed by atoms with Crippen molar-refractivity contribution in [3.05, 3.63) is 92.8 Å². The van der Waals surface area contributed by atoms with Gasteiger partial charge in [0.2, 0.25) is 0 Å². The lowest BCUT2D eigenvalue weighted by Gasteiger charge is -2.44. The van der Waals surface area contributed by atoms with Crippen LogP contribution in [0.1, 0.15) is 26.8 Å². The third-order valence-electron chi connectivity index (χ3n) is 7.36. The van der Waals surface area contributed by atoms with Gasteiger partial charge < -0.3 is 28.6 Å². The van der Waals surface area contributed by atoms with E-state index in [2.05, 4.69) is 42.2 Å². The molecule has 1 aliphatic heterocycles. The van der Waals surface area contributed by atoms with Gasteiger partial charge in [0, 0.05) is 54.3 Å². The van der Waals surface area contributed by atoms with Gasteiger partial charge in [0.25, 0.3) is 5.17 Å². The van der Waals surface area contributed by atoms with Gasteiger partial charge in [0.15, 0.2) is 41.2 Å². The molecule has 0 N–H and O–H groups in total. The van der Waals surface area contributed by atoms with Crippen molar-refractivity contribution in [2.75, 3.05) is 20.7 Å². The topological polar surface area (TPSA) is 131 Å². The highest BCUT2D eigenvalue weighted by molar-refractivity contribution is 9.10. The third-order valence-corrected chi connectivity index (χ3v) is 9.97. The molecule has 1 saturated heterocycles. The number of benzene rings is 3. The Morgan fingerprint density at radius 3 is 2.04 bits per heavy atom. The first-order valence-corrected chi connectivity index (χ1v) is 18.9. The van der Waals surface area contributed by atoms with Crippen LogP contribution in [0.5, 0.6) is 5.75 Å². The highest BCUT2D eigenvalue weighted by Gasteiger charge is 2.52. The van der Waals surface area contributed by atoms with E-state index in [1.165, 1.54) is 36.5 Å². The van der Waals surface area contributed by atoms with Crippen LogP contribution in [-0.4, -0.2) is 87.4 Å². The fourth-order valence-corrected chi connectivity index (χ4v) is 7.09. The molecule has 5 rings (SSSR count). The van der Waals surface area contributed by atoms with E-state index in [1.54, 1.807) is 25.1 Å². The largest absolute Gasteiger partial charge is 0.463 e. The van der Waals surface area contributed by atoms with Gasteiger partial charge in [0.1, 0.15) is 35.7 Å². The fourth-order valence-electron chi connectivity index (χ4n) is 4.97. The van der Waals surface area contributed by atoms with Crippen LogP contribution in [0.2, 0.25) is 0 Å². The van der Waals surface area contributed by atoms with Crippen LogP contribution in [-0.2, 0) is 33.3 Å². The number of ether oxygens (including phenoxy) is 5. The van der Waals surface area contributed by atoms with Gasteiger partial charge in [-0.05, 0) is 60.7 Å². The standard InChI is InChI=1S/C26H22BrF4N3O7S.C9H9BrFNOS/c1-11(35)38-10-20-24(39-12(2)36)23(34-9-19(32-33-34)14-6-17(29)22(31)18(30)7-14)25(40-13(3)37)26(41-20)42-21-8-15(27)4-5-16(21)28;1-12(2)9(14)13-8-5-6(10)3-4-7(8)11/h4-9,20,23-26H,10H2,1-3H3;3-5H,1-2H3/t20-,23+,24+,25-,26-;/m1./s1. The first kappa shape index (κ1) is 44.5. The number of thioether (sulfide) groups is 1. The van der Waals surface area contributed by atoms with E-state index in [1.807, 2.05) is 0 Å². The van der Waals surface area contributed by atoms with Crippen LogP contribution in [0, 0.1) is 29.1 Å². The molecule has 0 bridgehead atoms. The Morgan fingerprint density at radius 2 is 1.45 bits per heavy atom. The summed E-state index contributed by atoms with van der Waals surface area (Å²) in [6, 6.07) is 8.78. The van der Waals surface area contributed by atoms with Crippen molar-refractivity contribution in [3.8, 4) is 17.0 Å². The molecule has 1 aromatic heterocycles. The first-order chi connectivity index (χ1) is 26.3. The maximum atomic E-state index is 14.8. The van der Waals surface area contributed by atoms with Gasteiger partial charge in [-0.2, -0.15) is 0 Å². The van der Waals surface area contributed by atoms with Crippen molar-refractivity contribution in [1.82, 2.24) is 19.9 Å². The summed E-state index contributed by atoms with van der Waals surface area (Å²) in [5, 5.41) is 8.14. The molecule has 0 aliphatic carbocycles. The predicted octanol–water partition coefficient (Wildman–Crippen LogP) is 7.56. The lowest BCUT2D eigenvalue weighted by Crippen LogP contribution is -2.57. The first-order valence-electron chi connectivity index (χ1n) is 16.0. The molecule has 5 atom stereocenters.